The fraction of sp³-hybridized carbons (Fsp3) is 0.0244. The molecule has 0 saturated carbocycles. The van der Waals surface area contributed by atoms with Gasteiger partial charge in [-0.25, -0.2) is 0 Å². The van der Waals surface area contributed by atoms with E-state index in [9.17, 15) is 28.0 Å². The summed E-state index contributed by atoms with van der Waals surface area (Å²) < 4.78 is 76.6. The molecule has 8 nitrogen and oxygen atoms in total. The van der Waals surface area contributed by atoms with Crippen LogP contribution in [0.2, 0.25) is 0 Å². The van der Waals surface area contributed by atoms with Gasteiger partial charge in [0.1, 0.15) is 0 Å². The second-order valence-electron chi connectivity index (χ2n) is 12.3. The second-order valence-corrected chi connectivity index (χ2v) is 24.8. The standard InChI is InChI=1S/2C14H14ClO4P.C13H13P.2Au/c2*1-20(2,19-15(16,17)18,13-9-5-3-6-10-13)14-11-7-4-8-12-14;1-14(12-8-4-2-5-9-12)13-10-6-3-7-11-13;;/h2*3-12H,1-2H2;2-11H,1H3;;/q2*-2;;;. The van der Waals surface area contributed by atoms with Crippen LogP contribution in [-0.4, -0.2) is 6.66 Å². The predicted octanol–water partition coefficient (Wildman–Crippen LogP) is 1.95. The third-order valence-corrected chi connectivity index (χ3v) is 20.4. The number of hydrogen-bond acceptors (Lipinski definition) is 8. The summed E-state index contributed by atoms with van der Waals surface area (Å²) in [5, 5.41) is 4.81. The first kappa shape index (κ1) is 50.5. The van der Waals surface area contributed by atoms with Crippen LogP contribution in [0.25, 0.3) is 0 Å². The zero-order valence-electron chi connectivity index (χ0n) is 30.1. The summed E-state index contributed by atoms with van der Waals surface area (Å²) in [7, 11) is -9.48. The van der Waals surface area contributed by atoms with E-state index < -0.39 is 34.1 Å². The van der Waals surface area contributed by atoms with Gasteiger partial charge in [0.2, 0.25) is 0 Å². The molecule has 0 aliphatic carbocycles. The Morgan fingerprint density at radius 2 is 0.554 bits per heavy atom. The molecular weight excluding hydrogens is 1180 g/mol. The molecule has 0 atom stereocenters. The average Bonchev–Trinajstić information content (AvgIpc) is 3.16. The minimum absolute atomic E-state index is 0. The molecule has 56 heavy (non-hydrogen) atoms. The normalized spacial score (nSPS) is 13.0. The Labute approximate surface area is 367 Å². The van der Waals surface area contributed by atoms with Gasteiger partial charge in [-0.3, -0.25) is 0 Å². The molecule has 6 rings (SSSR count). The Balaban J connectivity index is 0.000000290. The molecule has 6 aromatic carbocycles. The quantitative estimate of drug-likeness (QED) is 0.115. The van der Waals surface area contributed by atoms with Crippen molar-refractivity contribution in [1.29, 1.82) is 0 Å². The minimum atomic E-state index is -4.66. The molecule has 0 unspecified atom stereocenters. The van der Waals surface area contributed by atoms with Crippen molar-refractivity contribution in [3.8, 4) is 0 Å². The van der Waals surface area contributed by atoms with Gasteiger partial charge < -0.3 is 0 Å². The molecule has 2 radical (unpaired) electrons. The summed E-state index contributed by atoms with van der Waals surface area (Å²) in [6.07, 6.45) is 0. The zero-order valence-corrected chi connectivity index (χ0v) is 38.6. The molecule has 308 valence electrons. The third kappa shape index (κ3) is 13.7. The van der Waals surface area contributed by atoms with Crippen molar-refractivity contribution in [2.45, 2.75) is 0 Å². The second kappa shape index (κ2) is 21.0. The van der Waals surface area contributed by atoms with E-state index in [1.165, 1.54) is 10.6 Å². The molecule has 0 N–H and O–H groups in total. The maximum atomic E-state index is 11.1. The van der Waals surface area contributed by atoms with E-state index in [0.29, 0.717) is 21.2 Å². The number of rotatable bonds is 10. The number of halogens is 2. The molecule has 0 aromatic heterocycles. The van der Waals surface area contributed by atoms with Gasteiger partial charge in [0, 0.05) is 44.8 Å². The van der Waals surface area contributed by atoms with Crippen LogP contribution in [0, 0.1) is 47.1 Å². The van der Waals surface area contributed by atoms with Crippen LogP contribution in [0.3, 0.4) is 0 Å². The fourth-order valence-corrected chi connectivity index (χ4v) is 15.5. The van der Waals surface area contributed by atoms with Crippen molar-refractivity contribution in [3.63, 3.8) is 0 Å². The summed E-state index contributed by atoms with van der Waals surface area (Å²) in [5.74, 6) is 0. The fourth-order valence-electron chi connectivity index (χ4n) is 5.41. The summed E-state index contributed by atoms with van der Waals surface area (Å²) in [6.45, 7) is 9.97. The van der Waals surface area contributed by atoms with Crippen LogP contribution in [-0.2, 0) is 52.9 Å². The molecule has 0 bridgehead atoms. The van der Waals surface area contributed by atoms with Gasteiger partial charge in [0.05, 0.1) is 0 Å². The summed E-state index contributed by atoms with van der Waals surface area (Å²) in [4.78, 5) is 0. The van der Waals surface area contributed by atoms with Crippen molar-refractivity contribution in [3.05, 3.63) is 209 Å². The first-order valence-electron chi connectivity index (χ1n) is 16.1. The molecule has 0 aliphatic heterocycles. The van der Waals surface area contributed by atoms with Crippen molar-refractivity contribution >= 4 is 53.4 Å². The molecule has 0 spiro atoms. The van der Waals surface area contributed by atoms with Crippen LogP contribution >= 0.6 is 21.6 Å². The SMILES string of the molecule is CP(c1ccccc1)c1ccccc1.[Au].[Au].[CH2-]P([CH2-])(O[Cl+3]([O-])([O-])[O-])(c1ccccc1)c1ccccc1.[CH2-]P([CH2-])(O[Cl+3]([O-])([O-])[O-])(c1ccccc1)c1ccccc1. The van der Waals surface area contributed by atoms with E-state index >= 15 is 0 Å². The zero-order chi connectivity index (χ0) is 39.6. The van der Waals surface area contributed by atoms with Gasteiger partial charge in [0.25, 0.3) is 0 Å². The molecule has 0 heterocycles. The van der Waals surface area contributed by atoms with E-state index in [4.69, 9.17) is 8.15 Å². The molecule has 0 saturated heterocycles. The molecular formula is C41H41Au2Cl2O8P3-4. The van der Waals surface area contributed by atoms with Crippen LogP contribution in [0.15, 0.2) is 182 Å². The average molecular weight is 1220 g/mol. The van der Waals surface area contributed by atoms with E-state index in [-0.39, 0.29) is 52.7 Å². The molecule has 6 aromatic rings. The topological polar surface area (TPSA) is 157 Å². The van der Waals surface area contributed by atoms with Crippen molar-refractivity contribution in [2.24, 2.45) is 0 Å². The van der Waals surface area contributed by atoms with Gasteiger partial charge >= 0.3 is 239 Å². The van der Waals surface area contributed by atoms with Crippen LogP contribution < -0.4 is 59.8 Å². The van der Waals surface area contributed by atoms with Crippen LogP contribution in [0.5, 0.6) is 0 Å². The van der Waals surface area contributed by atoms with Gasteiger partial charge in [-0.15, -0.1) is 0 Å². The third-order valence-electron chi connectivity index (χ3n) is 8.21. The first-order chi connectivity index (χ1) is 25.3. The van der Waals surface area contributed by atoms with E-state index in [0.717, 1.165) is 0 Å². The molecule has 0 amide bonds. The van der Waals surface area contributed by atoms with Crippen LogP contribution in [0.4, 0.5) is 0 Å². The molecule has 0 aliphatic rings. The summed E-state index contributed by atoms with van der Waals surface area (Å²) >= 11 is 0. The Morgan fingerprint density at radius 3 is 0.732 bits per heavy atom. The van der Waals surface area contributed by atoms with Crippen molar-refractivity contribution in [2.75, 3.05) is 6.66 Å². The van der Waals surface area contributed by atoms with Crippen molar-refractivity contribution in [1.82, 2.24) is 0 Å². The van der Waals surface area contributed by atoms with Gasteiger partial charge in [-0.2, -0.15) is 0 Å². The van der Waals surface area contributed by atoms with Gasteiger partial charge in [-0.05, 0) is 25.2 Å². The monoisotopic (exact) mass is 1220 g/mol. The van der Waals surface area contributed by atoms with Gasteiger partial charge in [-0.1, -0.05) is 60.7 Å². The van der Waals surface area contributed by atoms with E-state index in [1.807, 2.05) is 0 Å². The molecule has 0 fully saturated rings. The Hall–Kier alpha value is -1.65. The van der Waals surface area contributed by atoms with E-state index in [1.54, 1.807) is 121 Å². The Morgan fingerprint density at radius 1 is 0.375 bits per heavy atom. The summed E-state index contributed by atoms with van der Waals surface area (Å²) in [6, 6.07) is 55.5. The maximum absolute atomic E-state index is 11.1. The van der Waals surface area contributed by atoms with Crippen molar-refractivity contribution < 1.29 is 101 Å². The Bertz CT molecular complexity index is 1790. The van der Waals surface area contributed by atoms with E-state index in [2.05, 4.69) is 94.0 Å². The Kier molecular flexibility index (Phi) is 19.0. The summed E-state index contributed by atoms with van der Waals surface area (Å²) in [5.41, 5.74) is 0. The predicted molar refractivity (Wildman–Crippen MR) is 207 cm³/mol. The molecule has 15 heteroatoms. The number of benzene rings is 6. The van der Waals surface area contributed by atoms with Gasteiger partial charge in [0.15, 0.2) is 0 Å². The first-order valence-corrected chi connectivity index (χ1v) is 25.4. The number of hydrogen-bond donors (Lipinski definition) is 0. The van der Waals surface area contributed by atoms with Crippen LogP contribution in [0.1, 0.15) is 0 Å².